The van der Waals surface area contributed by atoms with Crippen LogP contribution in [-0.2, 0) is 5.33 Å². The van der Waals surface area contributed by atoms with E-state index in [1.165, 1.54) is 0 Å². The average Bonchev–Trinajstić information content (AvgIpc) is 2.09. The number of hydrogen-bond donors (Lipinski definition) is 0. The molecule has 1 rings (SSSR count). The molecule has 0 saturated heterocycles. The molecule has 0 atom stereocenters. The van der Waals surface area contributed by atoms with Crippen molar-refractivity contribution in [2.75, 3.05) is 7.11 Å². The molecule has 0 heterocycles. The summed E-state index contributed by atoms with van der Waals surface area (Å²) in [5.41, 5.74) is 1.08. The summed E-state index contributed by atoms with van der Waals surface area (Å²) in [6, 6.07) is 3.73. The van der Waals surface area contributed by atoms with E-state index in [4.69, 9.17) is 16.3 Å². The minimum absolute atomic E-state index is 0.663. The highest BCUT2D eigenvalue weighted by Crippen LogP contribution is 2.31. The summed E-state index contributed by atoms with van der Waals surface area (Å²) < 4.78 is 6.03. The van der Waals surface area contributed by atoms with E-state index < -0.39 is 0 Å². The monoisotopic (exact) mass is 312 g/mol. The summed E-state index contributed by atoms with van der Waals surface area (Å²) in [5, 5.41) is 1.42. The predicted molar refractivity (Wildman–Crippen MR) is 58.3 cm³/mol. The van der Waals surface area contributed by atoms with E-state index in [-0.39, 0.29) is 0 Å². The molecule has 0 aliphatic heterocycles. The lowest BCUT2D eigenvalue weighted by Crippen LogP contribution is -1.89. The van der Waals surface area contributed by atoms with Crippen molar-refractivity contribution in [2.24, 2.45) is 0 Å². The van der Waals surface area contributed by atoms with Gasteiger partial charge in [-0.2, -0.15) is 0 Å². The molecule has 0 spiro atoms. The fourth-order valence-corrected chi connectivity index (χ4v) is 1.85. The summed E-state index contributed by atoms with van der Waals surface area (Å²) >= 11 is 12.6. The average molecular weight is 314 g/mol. The van der Waals surface area contributed by atoms with Crippen LogP contribution in [0, 0.1) is 0 Å². The van der Waals surface area contributed by atoms with Crippen molar-refractivity contribution in [1.29, 1.82) is 0 Å². The van der Waals surface area contributed by atoms with Gasteiger partial charge < -0.3 is 4.74 Å². The van der Waals surface area contributed by atoms with E-state index in [0.717, 1.165) is 21.1 Å². The normalized spacial score (nSPS) is 10.0. The number of alkyl halides is 1. The molecule has 12 heavy (non-hydrogen) atoms. The number of rotatable bonds is 2. The van der Waals surface area contributed by atoms with Gasteiger partial charge in [-0.05, 0) is 22.0 Å². The second-order valence-electron chi connectivity index (χ2n) is 2.21. The zero-order valence-electron chi connectivity index (χ0n) is 6.40. The lowest BCUT2D eigenvalue weighted by atomic mass is 10.2. The van der Waals surface area contributed by atoms with Gasteiger partial charge in [0.25, 0.3) is 0 Å². The topological polar surface area (TPSA) is 9.23 Å². The van der Waals surface area contributed by atoms with Crippen LogP contribution in [0.3, 0.4) is 0 Å². The molecule has 0 aromatic heterocycles. The van der Waals surface area contributed by atoms with E-state index in [0.29, 0.717) is 5.02 Å². The molecule has 0 N–H and O–H groups in total. The summed E-state index contributed by atoms with van der Waals surface area (Å²) in [7, 11) is 1.63. The summed E-state index contributed by atoms with van der Waals surface area (Å²) in [4.78, 5) is 0. The molecular weight excluding hydrogens is 307 g/mol. The molecule has 0 saturated carbocycles. The first kappa shape index (κ1) is 10.4. The highest BCUT2D eigenvalue weighted by Gasteiger charge is 2.05. The van der Waals surface area contributed by atoms with Crippen molar-refractivity contribution in [2.45, 2.75) is 5.33 Å². The van der Waals surface area contributed by atoms with Gasteiger partial charge >= 0.3 is 0 Å². The van der Waals surface area contributed by atoms with Crippen LogP contribution < -0.4 is 4.74 Å². The maximum Gasteiger partial charge on any atom is 0.124 e. The van der Waals surface area contributed by atoms with E-state index in [2.05, 4.69) is 31.9 Å². The fraction of sp³-hybridized carbons (Fsp3) is 0.250. The second-order valence-corrected chi connectivity index (χ2v) is 4.03. The lowest BCUT2D eigenvalue weighted by molar-refractivity contribution is 0.411. The number of hydrogen-bond acceptors (Lipinski definition) is 1. The van der Waals surface area contributed by atoms with Gasteiger partial charge in [0, 0.05) is 21.4 Å². The van der Waals surface area contributed by atoms with Crippen LogP contribution in [0.5, 0.6) is 5.75 Å². The molecule has 4 heteroatoms. The van der Waals surface area contributed by atoms with Crippen molar-refractivity contribution in [3.05, 3.63) is 27.2 Å². The van der Waals surface area contributed by atoms with Crippen molar-refractivity contribution < 1.29 is 4.74 Å². The van der Waals surface area contributed by atoms with Crippen molar-refractivity contribution >= 4 is 43.5 Å². The second kappa shape index (κ2) is 4.49. The van der Waals surface area contributed by atoms with Gasteiger partial charge in [-0.1, -0.05) is 27.5 Å². The van der Waals surface area contributed by atoms with E-state index in [1.54, 1.807) is 13.2 Å². The molecule has 0 fully saturated rings. The first-order chi connectivity index (χ1) is 5.69. The van der Waals surface area contributed by atoms with Crippen LogP contribution in [0.2, 0.25) is 5.02 Å². The van der Waals surface area contributed by atoms with Gasteiger partial charge in [-0.25, -0.2) is 0 Å². The Kier molecular flexibility index (Phi) is 3.87. The van der Waals surface area contributed by atoms with E-state index >= 15 is 0 Å². The Morgan fingerprint density at radius 3 is 2.67 bits per heavy atom. The third kappa shape index (κ3) is 2.15. The molecule has 0 amide bonds. The third-order valence-electron chi connectivity index (χ3n) is 1.47. The zero-order chi connectivity index (χ0) is 9.14. The Bertz CT molecular complexity index is 260. The van der Waals surface area contributed by atoms with Gasteiger partial charge in [0.05, 0.1) is 12.1 Å². The standard InChI is InChI=1S/C8H7Br2ClO/c1-12-8-3-7(11)6(10)2-5(8)4-9/h2-3H,4H2,1H3. The first-order valence-electron chi connectivity index (χ1n) is 3.27. The summed E-state index contributed by atoms with van der Waals surface area (Å²) in [5.74, 6) is 0.806. The minimum Gasteiger partial charge on any atom is -0.496 e. The van der Waals surface area contributed by atoms with Gasteiger partial charge in [-0.15, -0.1) is 0 Å². The Balaban J connectivity index is 3.19. The summed E-state index contributed by atoms with van der Waals surface area (Å²) in [6.45, 7) is 0. The highest BCUT2D eigenvalue weighted by molar-refractivity contribution is 9.10. The van der Waals surface area contributed by atoms with Crippen LogP contribution in [0.25, 0.3) is 0 Å². The number of halogens is 3. The fourth-order valence-electron chi connectivity index (χ4n) is 0.864. The molecule has 0 aliphatic rings. The maximum absolute atomic E-state index is 5.88. The minimum atomic E-state index is 0.663. The van der Waals surface area contributed by atoms with Gasteiger partial charge in [-0.3, -0.25) is 0 Å². The van der Waals surface area contributed by atoms with E-state index in [1.807, 2.05) is 6.07 Å². The van der Waals surface area contributed by atoms with Crippen molar-refractivity contribution in [3.8, 4) is 5.75 Å². The highest BCUT2D eigenvalue weighted by atomic mass is 79.9. The molecule has 0 bridgehead atoms. The van der Waals surface area contributed by atoms with Crippen LogP contribution in [0.15, 0.2) is 16.6 Å². The molecule has 0 aliphatic carbocycles. The predicted octanol–water partition coefficient (Wildman–Crippen LogP) is 4.01. The van der Waals surface area contributed by atoms with Gasteiger partial charge in [0.15, 0.2) is 0 Å². The Labute approximate surface area is 93.3 Å². The molecule has 66 valence electrons. The Morgan fingerprint density at radius 1 is 1.50 bits per heavy atom. The Hall–Kier alpha value is 0.270. The van der Waals surface area contributed by atoms with Crippen LogP contribution in [0.1, 0.15) is 5.56 Å². The lowest BCUT2D eigenvalue weighted by Gasteiger charge is -2.07. The molecule has 1 aromatic carbocycles. The van der Waals surface area contributed by atoms with Crippen LogP contribution in [0.4, 0.5) is 0 Å². The van der Waals surface area contributed by atoms with E-state index in [9.17, 15) is 0 Å². The summed E-state index contributed by atoms with van der Waals surface area (Å²) in [6.07, 6.45) is 0. The molecular formula is C8H7Br2ClO. The quantitative estimate of drug-likeness (QED) is 0.750. The zero-order valence-corrected chi connectivity index (χ0v) is 10.3. The largest absolute Gasteiger partial charge is 0.496 e. The van der Waals surface area contributed by atoms with Crippen LogP contribution in [-0.4, -0.2) is 7.11 Å². The molecule has 1 nitrogen and oxygen atoms in total. The third-order valence-corrected chi connectivity index (χ3v) is 3.27. The van der Waals surface area contributed by atoms with Crippen LogP contribution >= 0.6 is 43.5 Å². The SMILES string of the molecule is COc1cc(Cl)c(Br)cc1CBr. The van der Waals surface area contributed by atoms with Gasteiger partial charge in [0.1, 0.15) is 5.75 Å². The van der Waals surface area contributed by atoms with Gasteiger partial charge in [0.2, 0.25) is 0 Å². The molecule has 0 unspecified atom stereocenters. The maximum atomic E-state index is 5.88. The van der Waals surface area contributed by atoms with Crippen molar-refractivity contribution in [3.63, 3.8) is 0 Å². The first-order valence-corrected chi connectivity index (χ1v) is 5.56. The number of methoxy groups -OCH3 is 1. The number of ether oxygens (including phenoxy) is 1. The van der Waals surface area contributed by atoms with Crippen molar-refractivity contribution in [1.82, 2.24) is 0 Å². The molecule has 0 radical (unpaired) electrons. The molecule has 1 aromatic rings. The Morgan fingerprint density at radius 2 is 2.17 bits per heavy atom. The number of benzene rings is 1. The smallest absolute Gasteiger partial charge is 0.124 e.